The van der Waals surface area contributed by atoms with Crippen LogP contribution >= 0.6 is 0 Å². The Balaban J connectivity index is 3.62. The largest absolute Gasteiger partial charge is 0.395 e. The maximum atomic E-state index is 9.70. The average molecular weight is 277 g/mol. The summed E-state index contributed by atoms with van der Waals surface area (Å²) in [5, 5.41) is 30.3. The minimum atomic E-state index is -0.607. The van der Waals surface area contributed by atoms with Crippen LogP contribution in [0.1, 0.15) is 39.5 Å². The first-order valence-corrected chi connectivity index (χ1v) is 7.38. The van der Waals surface area contributed by atoms with Crippen molar-refractivity contribution in [2.75, 3.05) is 33.0 Å². The van der Waals surface area contributed by atoms with Crippen LogP contribution in [0.15, 0.2) is 0 Å². The Kier molecular flexibility index (Phi) is 12.7. The summed E-state index contributed by atoms with van der Waals surface area (Å²) in [6.45, 7) is 5.36. The molecule has 116 valence electrons. The summed E-state index contributed by atoms with van der Waals surface area (Å²) in [5.74, 6) is 0.572. The zero-order valence-electron chi connectivity index (χ0n) is 12.3. The van der Waals surface area contributed by atoms with Gasteiger partial charge in [-0.2, -0.15) is 0 Å². The summed E-state index contributed by atoms with van der Waals surface area (Å²) in [6.07, 6.45) is 4.10. The minimum Gasteiger partial charge on any atom is -0.395 e. The summed E-state index contributed by atoms with van der Waals surface area (Å²) in [6, 6.07) is -0.373. The first-order valence-electron chi connectivity index (χ1n) is 7.38. The first kappa shape index (κ1) is 18.8. The molecule has 0 aliphatic carbocycles. The minimum absolute atomic E-state index is 0.140. The van der Waals surface area contributed by atoms with E-state index in [9.17, 15) is 5.11 Å². The molecule has 0 aliphatic heterocycles. The van der Waals surface area contributed by atoms with Crippen LogP contribution < -0.4 is 5.32 Å². The molecular formula is C14H31NO4. The van der Waals surface area contributed by atoms with E-state index in [0.29, 0.717) is 25.7 Å². The van der Waals surface area contributed by atoms with Gasteiger partial charge in [-0.3, -0.25) is 0 Å². The molecule has 0 spiro atoms. The molecule has 0 rings (SSSR count). The van der Waals surface area contributed by atoms with Gasteiger partial charge in [0.15, 0.2) is 0 Å². The molecule has 19 heavy (non-hydrogen) atoms. The van der Waals surface area contributed by atoms with Crippen LogP contribution in [0, 0.1) is 5.92 Å². The average Bonchev–Trinajstić information content (AvgIpc) is 2.43. The van der Waals surface area contributed by atoms with Crippen molar-refractivity contribution in [3.8, 4) is 0 Å². The van der Waals surface area contributed by atoms with Gasteiger partial charge in [0, 0.05) is 13.2 Å². The number of unbranched alkanes of at least 4 members (excludes halogenated alkanes) is 1. The molecule has 0 saturated carbocycles. The Bertz CT molecular complexity index is 188. The smallest absolute Gasteiger partial charge is 0.0897 e. The molecule has 0 radical (unpaired) electrons. The van der Waals surface area contributed by atoms with Gasteiger partial charge in [0.05, 0.1) is 32.0 Å². The lowest BCUT2D eigenvalue weighted by Crippen LogP contribution is -2.41. The number of aliphatic hydroxyl groups excluding tert-OH is 3. The van der Waals surface area contributed by atoms with Gasteiger partial charge in [0.2, 0.25) is 0 Å². The molecule has 0 fully saturated rings. The molecule has 0 heterocycles. The normalized spacial score (nSPS) is 14.8. The highest BCUT2D eigenvalue weighted by molar-refractivity contribution is 4.67. The predicted octanol–water partition coefficient (Wildman–Crippen LogP) is 0.523. The standard InChI is InChI=1S/C14H31NO4/c1-3-5-6-12(4-2)10-19-11-14(18)7-15-13(8-16)9-17/h12-18H,3-11H2,1-2H3. The van der Waals surface area contributed by atoms with E-state index >= 15 is 0 Å². The van der Waals surface area contributed by atoms with Gasteiger partial charge >= 0.3 is 0 Å². The summed E-state index contributed by atoms with van der Waals surface area (Å²) < 4.78 is 5.53. The van der Waals surface area contributed by atoms with E-state index in [1.807, 2.05) is 0 Å². The van der Waals surface area contributed by atoms with E-state index in [2.05, 4.69) is 19.2 Å². The molecule has 4 N–H and O–H groups in total. The maximum Gasteiger partial charge on any atom is 0.0897 e. The van der Waals surface area contributed by atoms with Crippen molar-refractivity contribution < 1.29 is 20.1 Å². The molecule has 0 bridgehead atoms. The van der Waals surface area contributed by atoms with Gasteiger partial charge in [-0.05, 0) is 12.3 Å². The van der Waals surface area contributed by atoms with Crippen molar-refractivity contribution in [2.45, 2.75) is 51.7 Å². The van der Waals surface area contributed by atoms with Crippen LogP contribution in [-0.4, -0.2) is 60.4 Å². The molecule has 0 aromatic carbocycles. The summed E-state index contributed by atoms with van der Waals surface area (Å²) >= 11 is 0. The Morgan fingerprint density at radius 1 is 1.11 bits per heavy atom. The molecular weight excluding hydrogens is 246 g/mol. The monoisotopic (exact) mass is 277 g/mol. The zero-order valence-corrected chi connectivity index (χ0v) is 12.3. The second-order valence-corrected chi connectivity index (χ2v) is 5.08. The topological polar surface area (TPSA) is 82.0 Å². The van der Waals surface area contributed by atoms with E-state index in [0.717, 1.165) is 6.42 Å². The predicted molar refractivity (Wildman–Crippen MR) is 76.1 cm³/mol. The van der Waals surface area contributed by atoms with E-state index < -0.39 is 6.10 Å². The third-order valence-electron chi connectivity index (χ3n) is 3.29. The molecule has 2 atom stereocenters. The van der Waals surface area contributed by atoms with Gasteiger partial charge in [0.1, 0.15) is 0 Å². The maximum absolute atomic E-state index is 9.70. The van der Waals surface area contributed by atoms with Crippen molar-refractivity contribution in [3.05, 3.63) is 0 Å². The van der Waals surface area contributed by atoms with Crippen LogP contribution in [0.3, 0.4) is 0 Å². The third-order valence-corrected chi connectivity index (χ3v) is 3.29. The van der Waals surface area contributed by atoms with Crippen LogP contribution in [0.5, 0.6) is 0 Å². The van der Waals surface area contributed by atoms with Crippen molar-refractivity contribution in [1.29, 1.82) is 0 Å². The van der Waals surface area contributed by atoms with E-state index in [1.165, 1.54) is 19.3 Å². The molecule has 5 heteroatoms. The lowest BCUT2D eigenvalue weighted by Gasteiger charge is -2.19. The number of rotatable bonds is 13. The lowest BCUT2D eigenvalue weighted by molar-refractivity contribution is 0.0163. The molecule has 0 aromatic rings. The second-order valence-electron chi connectivity index (χ2n) is 5.08. The molecule has 2 unspecified atom stereocenters. The van der Waals surface area contributed by atoms with Crippen LogP contribution in [0.4, 0.5) is 0 Å². The number of aliphatic hydroxyl groups is 3. The highest BCUT2D eigenvalue weighted by atomic mass is 16.5. The fourth-order valence-electron chi connectivity index (χ4n) is 1.82. The van der Waals surface area contributed by atoms with Crippen LogP contribution in [-0.2, 0) is 4.74 Å². The van der Waals surface area contributed by atoms with Gasteiger partial charge in [-0.25, -0.2) is 0 Å². The third kappa shape index (κ3) is 10.3. The SMILES string of the molecule is CCCCC(CC)COCC(O)CNC(CO)CO. The molecule has 0 amide bonds. The Hall–Kier alpha value is -0.200. The molecule has 0 aliphatic rings. The van der Waals surface area contributed by atoms with Crippen molar-refractivity contribution in [3.63, 3.8) is 0 Å². The Morgan fingerprint density at radius 2 is 1.79 bits per heavy atom. The van der Waals surface area contributed by atoms with Crippen LogP contribution in [0.25, 0.3) is 0 Å². The number of hydrogen-bond donors (Lipinski definition) is 4. The lowest BCUT2D eigenvalue weighted by atomic mass is 10.0. The quantitative estimate of drug-likeness (QED) is 0.395. The number of nitrogens with one attached hydrogen (secondary N) is 1. The van der Waals surface area contributed by atoms with E-state index in [-0.39, 0.29) is 19.3 Å². The van der Waals surface area contributed by atoms with Crippen molar-refractivity contribution >= 4 is 0 Å². The molecule has 0 aromatic heterocycles. The highest BCUT2D eigenvalue weighted by Gasteiger charge is 2.11. The Morgan fingerprint density at radius 3 is 2.32 bits per heavy atom. The van der Waals surface area contributed by atoms with Gasteiger partial charge in [-0.1, -0.05) is 33.1 Å². The molecule has 5 nitrogen and oxygen atoms in total. The van der Waals surface area contributed by atoms with E-state index in [4.69, 9.17) is 14.9 Å². The number of hydrogen-bond acceptors (Lipinski definition) is 5. The second kappa shape index (κ2) is 12.8. The number of ether oxygens (including phenoxy) is 1. The summed E-state index contributed by atoms with van der Waals surface area (Å²) in [5.41, 5.74) is 0. The fraction of sp³-hybridized carbons (Fsp3) is 1.00. The van der Waals surface area contributed by atoms with E-state index in [1.54, 1.807) is 0 Å². The van der Waals surface area contributed by atoms with Gasteiger partial charge in [-0.15, -0.1) is 0 Å². The summed E-state index contributed by atoms with van der Waals surface area (Å²) in [4.78, 5) is 0. The van der Waals surface area contributed by atoms with Crippen LogP contribution in [0.2, 0.25) is 0 Å². The molecule has 0 saturated heterocycles. The first-order chi connectivity index (χ1) is 9.17. The Labute approximate surface area is 117 Å². The fourth-order valence-corrected chi connectivity index (χ4v) is 1.82. The van der Waals surface area contributed by atoms with Gasteiger partial charge < -0.3 is 25.4 Å². The summed E-state index contributed by atoms with van der Waals surface area (Å²) in [7, 11) is 0. The zero-order chi connectivity index (χ0) is 14.5. The van der Waals surface area contributed by atoms with Gasteiger partial charge in [0.25, 0.3) is 0 Å². The highest BCUT2D eigenvalue weighted by Crippen LogP contribution is 2.12. The van der Waals surface area contributed by atoms with Crippen molar-refractivity contribution in [2.24, 2.45) is 5.92 Å². The van der Waals surface area contributed by atoms with Crippen molar-refractivity contribution in [1.82, 2.24) is 5.32 Å².